The van der Waals surface area contributed by atoms with Crippen molar-refractivity contribution in [3.8, 4) is 0 Å². The molecule has 0 amide bonds. The van der Waals surface area contributed by atoms with Gasteiger partial charge in [-0.15, -0.1) is 0 Å². The Morgan fingerprint density at radius 1 is 1.28 bits per heavy atom. The minimum atomic E-state index is -0.208. The van der Waals surface area contributed by atoms with Gasteiger partial charge in [0.15, 0.2) is 0 Å². The first-order valence-corrected chi connectivity index (χ1v) is 7.14. The zero-order valence-electron chi connectivity index (χ0n) is 11.0. The molecule has 1 saturated heterocycles. The molecule has 1 heterocycles. The molecule has 98 valence electrons. The minimum Gasteiger partial charge on any atom is -0.295 e. The van der Waals surface area contributed by atoms with Crippen LogP contribution in [0, 0.1) is 13.8 Å². The normalized spacial score (nSPS) is 15.7. The number of halogens is 2. The van der Waals surface area contributed by atoms with E-state index in [9.17, 15) is 4.39 Å². The maximum atomic E-state index is 12.1. The molecule has 0 unspecified atom stereocenters. The van der Waals surface area contributed by atoms with Crippen LogP contribution in [-0.4, -0.2) is 31.2 Å². The highest BCUT2D eigenvalue weighted by atomic mass is 79.9. The van der Waals surface area contributed by atoms with E-state index >= 15 is 0 Å². The molecule has 0 spiro atoms. The van der Waals surface area contributed by atoms with Crippen molar-refractivity contribution in [2.24, 2.45) is 0 Å². The van der Waals surface area contributed by atoms with Gasteiger partial charge >= 0.3 is 0 Å². The fourth-order valence-corrected chi connectivity index (χ4v) is 3.10. The highest BCUT2D eigenvalue weighted by Crippen LogP contribution is 2.25. The topological polar surface area (TPSA) is 3.24 Å². The molecule has 1 aromatic rings. The van der Waals surface area contributed by atoms with E-state index in [4.69, 9.17) is 0 Å². The van der Waals surface area contributed by atoms with E-state index in [0.717, 1.165) is 24.1 Å². The van der Waals surface area contributed by atoms with Crippen molar-refractivity contribution in [2.75, 3.05) is 26.3 Å². The average molecular weight is 312 g/mol. The molecule has 18 heavy (non-hydrogen) atoms. The highest BCUT2D eigenvalue weighted by Gasteiger charge is 2.19. The Kier molecular flexibility index (Phi) is 4.57. The van der Waals surface area contributed by atoms with Gasteiger partial charge in [0, 0.05) is 24.1 Å². The van der Waals surface area contributed by atoms with Crippen molar-refractivity contribution in [1.82, 2.24) is 4.90 Å². The summed E-state index contributed by atoms with van der Waals surface area (Å²) in [6, 6.07) is 4.30. The molecule has 1 nitrogen and oxygen atoms in total. The van der Waals surface area contributed by atoms with Crippen molar-refractivity contribution in [1.29, 1.82) is 0 Å². The summed E-state index contributed by atoms with van der Waals surface area (Å²) in [5.74, 6) is 0. The summed E-state index contributed by atoms with van der Waals surface area (Å²) in [4.78, 5) is 2.29. The molecule has 2 rings (SSSR count). The van der Waals surface area contributed by atoms with E-state index in [-0.39, 0.29) is 6.67 Å². The smallest absolute Gasteiger partial charge is 0.0906 e. The first-order valence-electron chi connectivity index (χ1n) is 6.34. The van der Waals surface area contributed by atoms with Crippen LogP contribution < -0.4 is 0 Å². The second-order valence-electron chi connectivity index (χ2n) is 5.01. The Bertz CT molecular complexity index is 437. The molecule has 0 atom stereocenters. The SMILES string of the molecule is Cc1cc(Br)cc(C)c1C=C1CN(CCCF)C1. The second-order valence-corrected chi connectivity index (χ2v) is 5.92. The van der Waals surface area contributed by atoms with Crippen molar-refractivity contribution in [2.45, 2.75) is 20.3 Å². The van der Waals surface area contributed by atoms with Crippen molar-refractivity contribution in [3.63, 3.8) is 0 Å². The van der Waals surface area contributed by atoms with Gasteiger partial charge in [0.25, 0.3) is 0 Å². The first kappa shape index (κ1) is 13.8. The lowest BCUT2D eigenvalue weighted by Crippen LogP contribution is -2.40. The zero-order chi connectivity index (χ0) is 13.1. The maximum Gasteiger partial charge on any atom is 0.0906 e. The summed E-state index contributed by atoms with van der Waals surface area (Å²) in [5.41, 5.74) is 5.38. The summed E-state index contributed by atoms with van der Waals surface area (Å²) in [5, 5.41) is 0. The lowest BCUT2D eigenvalue weighted by molar-refractivity contribution is 0.239. The van der Waals surface area contributed by atoms with Crippen LogP contribution in [0.2, 0.25) is 0 Å². The Labute approximate surface area is 117 Å². The third-order valence-electron chi connectivity index (χ3n) is 3.37. The largest absolute Gasteiger partial charge is 0.295 e. The minimum absolute atomic E-state index is 0.208. The summed E-state index contributed by atoms with van der Waals surface area (Å²) >= 11 is 3.52. The van der Waals surface area contributed by atoms with Gasteiger partial charge in [-0.25, -0.2) is 0 Å². The molecule has 3 heteroatoms. The third-order valence-corrected chi connectivity index (χ3v) is 3.83. The summed E-state index contributed by atoms with van der Waals surface area (Å²) in [7, 11) is 0. The summed E-state index contributed by atoms with van der Waals surface area (Å²) in [6.07, 6.45) is 2.95. The van der Waals surface area contributed by atoms with Crippen LogP contribution in [0.3, 0.4) is 0 Å². The first-order chi connectivity index (χ1) is 8.60. The Hall–Kier alpha value is -0.670. The van der Waals surface area contributed by atoms with Gasteiger partial charge in [-0.3, -0.25) is 9.29 Å². The molecular weight excluding hydrogens is 293 g/mol. The van der Waals surface area contributed by atoms with Crippen molar-refractivity contribution in [3.05, 3.63) is 38.9 Å². The quantitative estimate of drug-likeness (QED) is 0.808. The van der Waals surface area contributed by atoms with Crippen molar-refractivity contribution < 1.29 is 4.39 Å². The molecule has 0 radical (unpaired) electrons. The van der Waals surface area contributed by atoms with Crippen molar-refractivity contribution >= 4 is 22.0 Å². The van der Waals surface area contributed by atoms with Crippen LogP contribution in [0.1, 0.15) is 23.1 Å². The molecule has 1 fully saturated rings. The summed E-state index contributed by atoms with van der Waals surface area (Å²) in [6.45, 7) is 6.95. The molecule has 0 aromatic heterocycles. The van der Waals surface area contributed by atoms with E-state index < -0.39 is 0 Å². The van der Waals surface area contributed by atoms with E-state index in [1.165, 1.54) is 22.3 Å². The number of alkyl halides is 1. The van der Waals surface area contributed by atoms with Gasteiger partial charge in [-0.05, 0) is 54.7 Å². The lowest BCUT2D eigenvalue weighted by atomic mass is 9.97. The molecule has 0 aliphatic carbocycles. The Morgan fingerprint density at radius 2 is 1.89 bits per heavy atom. The molecule has 1 aliphatic heterocycles. The summed E-state index contributed by atoms with van der Waals surface area (Å²) < 4.78 is 13.2. The Morgan fingerprint density at radius 3 is 2.44 bits per heavy atom. The van der Waals surface area contributed by atoms with E-state index in [1.807, 2.05) is 0 Å². The van der Waals surface area contributed by atoms with Crippen LogP contribution in [0.25, 0.3) is 6.08 Å². The molecule has 0 bridgehead atoms. The molecule has 1 aliphatic rings. The number of hydrogen-bond donors (Lipinski definition) is 0. The fraction of sp³-hybridized carbons (Fsp3) is 0.467. The van der Waals surface area contributed by atoms with Gasteiger partial charge in [0.05, 0.1) is 6.67 Å². The van der Waals surface area contributed by atoms with Gasteiger partial charge in [-0.2, -0.15) is 0 Å². The number of benzene rings is 1. The Balaban J connectivity index is 2.03. The monoisotopic (exact) mass is 311 g/mol. The van der Waals surface area contributed by atoms with E-state index in [1.54, 1.807) is 0 Å². The van der Waals surface area contributed by atoms with Gasteiger partial charge < -0.3 is 0 Å². The van der Waals surface area contributed by atoms with E-state index in [2.05, 4.69) is 52.9 Å². The molecule has 1 aromatic carbocycles. The van der Waals surface area contributed by atoms with Gasteiger partial charge in [0.1, 0.15) is 0 Å². The number of likely N-dealkylation sites (tertiary alicyclic amines) is 1. The second kappa shape index (κ2) is 5.98. The molecular formula is C15H19BrFN. The lowest BCUT2D eigenvalue weighted by Gasteiger charge is -2.34. The predicted molar refractivity (Wildman–Crippen MR) is 78.6 cm³/mol. The van der Waals surface area contributed by atoms with Crippen LogP contribution in [-0.2, 0) is 0 Å². The predicted octanol–water partition coefficient (Wildman–Crippen LogP) is 4.12. The van der Waals surface area contributed by atoms with Crippen LogP contribution in [0.15, 0.2) is 22.2 Å². The number of nitrogens with zero attached hydrogens (tertiary/aromatic N) is 1. The van der Waals surface area contributed by atoms with Crippen LogP contribution in [0.4, 0.5) is 4.39 Å². The highest BCUT2D eigenvalue weighted by molar-refractivity contribution is 9.10. The fourth-order valence-electron chi connectivity index (χ4n) is 2.41. The zero-order valence-corrected chi connectivity index (χ0v) is 12.6. The maximum absolute atomic E-state index is 12.1. The van der Waals surface area contributed by atoms with Gasteiger partial charge in [0.2, 0.25) is 0 Å². The number of rotatable bonds is 4. The molecule has 0 N–H and O–H groups in total. The molecule has 0 saturated carbocycles. The average Bonchev–Trinajstić information content (AvgIpc) is 2.24. The van der Waals surface area contributed by atoms with Crippen LogP contribution >= 0.6 is 15.9 Å². The standard InChI is InChI=1S/C15H19BrFN/c1-11-6-14(16)7-12(2)15(11)8-13-9-18(10-13)5-3-4-17/h6-8H,3-5,9-10H2,1-2H3. The van der Waals surface area contributed by atoms with Crippen LogP contribution in [0.5, 0.6) is 0 Å². The number of hydrogen-bond acceptors (Lipinski definition) is 1. The number of aryl methyl sites for hydroxylation is 2. The van der Waals surface area contributed by atoms with Gasteiger partial charge in [-0.1, -0.05) is 22.0 Å². The van der Waals surface area contributed by atoms with E-state index in [0.29, 0.717) is 6.42 Å². The third kappa shape index (κ3) is 3.21.